The molecule has 0 saturated carbocycles. The topological polar surface area (TPSA) is 92.7 Å². The van der Waals surface area contributed by atoms with E-state index in [0.29, 0.717) is 24.5 Å². The largest absolute Gasteiger partial charge is 0.451 e. The SMILES string of the molecule is CCN1CCN(S(=O)(=O)c2cc(-c3nnc(C(C)C)o3)co2)CC1. The number of nitrogens with zero attached hydrogens (tertiary/aromatic N) is 4. The molecule has 0 N–H and O–H groups in total. The second-order valence-electron chi connectivity index (χ2n) is 6.09. The molecule has 3 rings (SSSR count). The van der Waals surface area contributed by atoms with Crippen LogP contribution in [-0.4, -0.2) is 60.5 Å². The summed E-state index contributed by atoms with van der Waals surface area (Å²) in [5.74, 6) is 0.877. The molecule has 0 bridgehead atoms. The summed E-state index contributed by atoms with van der Waals surface area (Å²) < 4.78 is 37.7. The zero-order valence-electron chi connectivity index (χ0n) is 14.1. The van der Waals surface area contributed by atoms with Gasteiger partial charge in [-0.1, -0.05) is 20.8 Å². The van der Waals surface area contributed by atoms with E-state index in [9.17, 15) is 8.42 Å². The van der Waals surface area contributed by atoms with Gasteiger partial charge >= 0.3 is 0 Å². The van der Waals surface area contributed by atoms with E-state index in [0.717, 1.165) is 19.6 Å². The van der Waals surface area contributed by atoms with Crippen LogP contribution in [0.3, 0.4) is 0 Å². The zero-order valence-corrected chi connectivity index (χ0v) is 14.9. The van der Waals surface area contributed by atoms with Gasteiger partial charge in [0.15, 0.2) is 0 Å². The molecule has 132 valence electrons. The summed E-state index contributed by atoms with van der Waals surface area (Å²) in [7, 11) is -3.64. The van der Waals surface area contributed by atoms with Crippen molar-refractivity contribution in [2.24, 2.45) is 0 Å². The molecule has 1 aliphatic heterocycles. The Morgan fingerprint density at radius 3 is 2.50 bits per heavy atom. The molecule has 0 atom stereocenters. The van der Waals surface area contributed by atoms with Crippen LogP contribution < -0.4 is 0 Å². The molecule has 0 unspecified atom stereocenters. The number of piperazine rings is 1. The molecule has 0 amide bonds. The van der Waals surface area contributed by atoms with Crippen molar-refractivity contribution in [1.29, 1.82) is 0 Å². The number of aromatic nitrogens is 2. The Labute approximate surface area is 141 Å². The molecule has 1 fully saturated rings. The number of likely N-dealkylation sites (N-methyl/N-ethyl adjacent to an activating group) is 1. The van der Waals surface area contributed by atoms with Gasteiger partial charge in [0, 0.05) is 38.2 Å². The molecule has 0 radical (unpaired) electrons. The van der Waals surface area contributed by atoms with Gasteiger partial charge in [-0.05, 0) is 6.54 Å². The lowest BCUT2D eigenvalue weighted by molar-refractivity contribution is 0.194. The highest BCUT2D eigenvalue weighted by Gasteiger charge is 2.31. The van der Waals surface area contributed by atoms with Crippen LogP contribution in [0.5, 0.6) is 0 Å². The van der Waals surface area contributed by atoms with Crippen LogP contribution in [0.15, 0.2) is 26.3 Å². The molecule has 0 aromatic carbocycles. The first kappa shape index (κ1) is 17.1. The fraction of sp³-hybridized carbons (Fsp3) is 0.600. The van der Waals surface area contributed by atoms with Crippen molar-refractivity contribution in [1.82, 2.24) is 19.4 Å². The summed E-state index contributed by atoms with van der Waals surface area (Å²) in [6, 6.07) is 1.44. The first-order valence-corrected chi connectivity index (χ1v) is 9.50. The van der Waals surface area contributed by atoms with Crippen molar-refractivity contribution in [3.05, 3.63) is 18.2 Å². The number of hydrogen-bond acceptors (Lipinski definition) is 7. The normalized spacial score (nSPS) is 17.7. The molecule has 24 heavy (non-hydrogen) atoms. The monoisotopic (exact) mass is 354 g/mol. The Morgan fingerprint density at radius 1 is 1.21 bits per heavy atom. The molecular weight excluding hydrogens is 332 g/mol. The molecule has 1 aliphatic rings. The molecule has 3 heterocycles. The quantitative estimate of drug-likeness (QED) is 0.808. The molecule has 0 aliphatic carbocycles. The van der Waals surface area contributed by atoms with Gasteiger partial charge in [0.2, 0.25) is 11.0 Å². The standard InChI is InChI=1S/C15H22N4O4S/c1-4-18-5-7-19(8-6-18)24(20,21)13-9-12(10-22-13)15-17-16-14(23-15)11(2)3/h9-11H,4-8H2,1-3H3. The van der Waals surface area contributed by atoms with E-state index < -0.39 is 10.0 Å². The third-order valence-electron chi connectivity index (χ3n) is 4.13. The maximum atomic E-state index is 12.7. The third kappa shape index (κ3) is 3.24. The maximum Gasteiger partial charge on any atom is 0.276 e. The Hall–Kier alpha value is -1.71. The van der Waals surface area contributed by atoms with E-state index in [2.05, 4.69) is 22.0 Å². The smallest absolute Gasteiger partial charge is 0.276 e. The van der Waals surface area contributed by atoms with Gasteiger partial charge < -0.3 is 13.7 Å². The molecular formula is C15H22N4O4S. The van der Waals surface area contributed by atoms with Gasteiger partial charge in [-0.2, -0.15) is 4.31 Å². The average molecular weight is 354 g/mol. The lowest BCUT2D eigenvalue weighted by Crippen LogP contribution is -2.48. The fourth-order valence-corrected chi connectivity index (χ4v) is 3.91. The molecule has 9 heteroatoms. The highest BCUT2D eigenvalue weighted by atomic mass is 32.2. The van der Waals surface area contributed by atoms with Crippen LogP contribution in [0.4, 0.5) is 0 Å². The van der Waals surface area contributed by atoms with Gasteiger partial charge in [0.25, 0.3) is 15.9 Å². The molecule has 2 aromatic rings. The van der Waals surface area contributed by atoms with Crippen LogP contribution in [0, 0.1) is 0 Å². The lowest BCUT2D eigenvalue weighted by atomic mass is 10.2. The average Bonchev–Trinajstić information content (AvgIpc) is 3.24. The van der Waals surface area contributed by atoms with E-state index in [-0.39, 0.29) is 16.9 Å². The Balaban J connectivity index is 1.79. The summed E-state index contributed by atoms with van der Waals surface area (Å²) in [6.45, 7) is 9.26. The summed E-state index contributed by atoms with van der Waals surface area (Å²) in [5.41, 5.74) is 0.472. The van der Waals surface area contributed by atoms with Crippen molar-refractivity contribution in [2.45, 2.75) is 31.8 Å². The predicted octanol–water partition coefficient (Wildman–Crippen LogP) is 1.78. The van der Waals surface area contributed by atoms with Crippen molar-refractivity contribution >= 4 is 10.0 Å². The lowest BCUT2D eigenvalue weighted by Gasteiger charge is -2.32. The van der Waals surface area contributed by atoms with E-state index in [4.69, 9.17) is 8.83 Å². The number of sulfonamides is 1. The summed E-state index contributed by atoms with van der Waals surface area (Å²) in [6.07, 6.45) is 1.34. The van der Waals surface area contributed by atoms with Crippen LogP contribution >= 0.6 is 0 Å². The zero-order chi connectivity index (χ0) is 17.3. The predicted molar refractivity (Wildman–Crippen MR) is 87.0 cm³/mol. The second kappa shape index (κ2) is 6.66. The van der Waals surface area contributed by atoms with Crippen LogP contribution in [0.2, 0.25) is 0 Å². The van der Waals surface area contributed by atoms with Crippen molar-refractivity contribution in [3.63, 3.8) is 0 Å². The minimum atomic E-state index is -3.64. The van der Waals surface area contributed by atoms with Crippen molar-refractivity contribution in [2.75, 3.05) is 32.7 Å². The van der Waals surface area contributed by atoms with E-state index in [1.165, 1.54) is 16.6 Å². The first-order valence-electron chi connectivity index (χ1n) is 8.06. The highest BCUT2D eigenvalue weighted by Crippen LogP contribution is 2.27. The highest BCUT2D eigenvalue weighted by molar-refractivity contribution is 7.89. The first-order chi connectivity index (χ1) is 11.4. The van der Waals surface area contributed by atoms with Gasteiger partial charge in [-0.15, -0.1) is 10.2 Å². The molecule has 1 saturated heterocycles. The van der Waals surface area contributed by atoms with E-state index in [1.54, 1.807) is 0 Å². The fourth-order valence-electron chi connectivity index (χ4n) is 2.56. The second-order valence-corrected chi connectivity index (χ2v) is 7.96. The van der Waals surface area contributed by atoms with Crippen molar-refractivity contribution < 1.29 is 17.3 Å². The van der Waals surface area contributed by atoms with Crippen molar-refractivity contribution in [3.8, 4) is 11.5 Å². The Kier molecular flexibility index (Phi) is 4.75. The van der Waals surface area contributed by atoms with Gasteiger partial charge in [-0.25, -0.2) is 8.42 Å². The van der Waals surface area contributed by atoms with Crippen LogP contribution in [0.1, 0.15) is 32.6 Å². The van der Waals surface area contributed by atoms with Crippen LogP contribution in [-0.2, 0) is 10.0 Å². The number of hydrogen-bond donors (Lipinski definition) is 0. The van der Waals surface area contributed by atoms with Gasteiger partial charge in [0.1, 0.15) is 6.26 Å². The van der Waals surface area contributed by atoms with Crippen LogP contribution in [0.25, 0.3) is 11.5 Å². The Morgan fingerprint density at radius 2 is 1.92 bits per heavy atom. The maximum absolute atomic E-state index is 12.7. The summed E-state index contributed by atoms with van der Waals surface area (Å²) in [5, 5.41) is 7.80. The summed E-state index contributed by atoms with van der Waals surface area (Å²) >= 11 is 0. The van der Waals surface area contributed by atoms with Gasteiger partial charge in [-0.3, -0.25) is 0 Å². The molecule has 2 aromatic heterocycles. The minimum absolute atomic E-state index is 0.0910. The molecule has 0 spiro atoms. The molecule has 8 nitrogen and oxygen atoms in total. The Bertz CT molecular complexity index is 788. The van der Waals surface area contributed by atoms with Gasteiger partial charge in [0.05, 0.1) is 5.56 Å². The third-order valence-corrected chi connectivity index (χ3v) is 5.90. The van der Waals surface area contributed by atoms with E-state index in [1.807, 2.05) is 13.8 Å². The number of rotatable bonds is 5. The summed E-state index contributed by atoms with van der Waals surface area (Å²) in [4.78, 5) is 2.21. The van der Waals surface area contributed by atoms with E-state index >= 15 is 0 Å². The minimum Gasteiger partial charge on any atom is -0.451 e. The number of furan rings is 1.